The van der Waals surface area contributed by atoms with Gasteiger partial charge in [0.05, 0.1) is 4.90 Å². The van der Waals surface area contributed by atoms with Crippen molar-refractivity contribution in [2.75, 3.05) is 0 Å². The summed E-state index contributed by atoms with van der Waals surface area (Å²) in [6, 6.07) is 17.8. The first-order valence-electron chi connectivity index (χ1n) is 9.31. The van der Waals surface area contributed by atoms with Crippen molar-refractivity contribution < 1.29 is 31.6 Å². The Morgan fingerprint density at radius 1 is 0.939 bits per heavy atom. The van der Waals surface area contributed by atoms with Gasteiger partial charge in [0.15, 0.2) is 0 Å². The molecule has 0 saturated carbocycles. The van der Waals surface area contributed by atoms with Crippen LogP contribution in [0.5, 0.6) is 0 Å². The predicted octanol–water partition coefficient (Wildman–Crippen LogP) is 5.42. The molecule has 4 N–H and O–H groups in total. The molecule has 0 bridgehead atoms. The molecule has 3 aromatic rings. The Labute approximate surface area is 202 Å². The minimum atomic E-state index is -5.64. The summed E-state index contributed by atoms with van der Waals surface area (Å²) in [5, 5.41) is 5.18. The SMILES string of the molecule is NS(=O)(=O)c1cccc(-c2ccc(CSCc3ccc(C(F)(F)P(=O)(O)O)c(Br)c3)cc2)c1. The van der Waals surface area contributed by atoms with Gasteiger partial charge in [0.25, 0.3) is 0 Å². The zero-order chi connectivity index (χ0) is 24.4. The van der Waals surface area contributed by atoms with Crippen LogP contribution in [0.15, 0.2) is 76.1 Å². The van der Waals surface area contributed by atoms with Crippen molar-refractivity contribution >= 4 is 45.3 Å². The third kappa shape index (κ3) is 6.30. The zero-order valence-electron chi connectivity index (χ0n) is 16.9. The average Bonchev–Trinajstić information content (AvgIpc) is 2.73. The first-order valence-corrected chi connectivity index (χ1v) is 14.4. The lowest BCUT2D eigenvalue weighted by atomic mass is 10.0. The van der Waals surface area contributed by atoms with E-state index in [0.29, 0.717) is 17.1 Å². The van der Waals surface area contributed by atoms with Gasteiger partial charge in [-0.25, -0.2) is 13.6 Å². The fourth-order valence-corrected chi connectivity index (χ4v) is 5.82. The smallest absolute Gasteiger partial charge is 0.320 e. The lowest BCUT2D eigenvalue weighted by molar-refractivity contribution is 0.0557. The molecule has 0 fully saturated rings. The molecule has 176 valence electrons. The zero-order valence-corrected chi connectivity index (χ0v) is 21.0. The number of hydrogen-bond donors (Lipinski definition) is 3. The van der Waals surface area contributed by atoms with E-state index in [4.69, 9.17) is 14.9 Å². The Morgan fingerprint density at radius 2 is 1.55 bits per heavy atom. The number of thioether (sulfide) groups is 1. The van der Waals surface area contributed by atoms with E-state index in [1.54, 1.807) is 12.1 Å². The maximum Gasteiger partial charge on any atom is 0.399 e. The monoisotopic (exact) mass is 577 g/mol. The van der Waals surface area contributed by atoms with Gasteiger partial charge in [-0.2, -0.15) is 20.5 Å². The number of nitrogens with two attached hydrogens (primary N) is 1. The van der Waals surface area contributed by atoms with E-state index in [9.17, 15) is 21.8 Å². The molecule has 0 aromatic heterocycles. The molecule has 0 spiro atoms. The quantitative estimate of drug-likeness (QED) is 0.307. The second kappa shape index (κ2) is 9.95. The molecule has 0 heterocycles. The standard InChI is InChI=1S/C21H19BrF2NO5PS2/c22-20-10-15(6-9-19(20)21(23,24)31(26,27)28)13-32-12-14-4-7-16(8-5-14)17-2-1-3-18(11-17)33(25,29)30/h1-11H,12-13H2,(H2,25,29,30)(H2,26,27,28). The summed E-state index contributed by atoms with van der Waals surface area (Å²) in [6.07, 6.45) is 0. The highest BCUT2D eigenvalue weighted by Crippen LogP contribution is 2.60. The molecular weight excluding hydrogens is 559 g/mol. The third-order valence-corrected chi connectivity index (χ3v) is 8.33. The molecule has 3 aromatic carbocycles. The van der Waals surface area contributed by atoms with Crippen LogP contribution in [0.1, 0.15) is 16.7 Å². The maximum absolute atomic E-state index is 13.9. The summed E-state index contributed by atoms with van der Waals surface area (Å²) in [5.74, 6) is 1.13. The van der Waals surface area contributed by atoms with Crippen molar-refractivity contribution in [3.63, 3.8) is 0 Å². The van der Waals surface area contributed by atoms with E-state index in [1.807, 2.05) is 24.3 Å². The number of benzene rings is 3. The van der Waals surface area contributed by atoms with Crippen LogP contribution in [0.2, 0.25) is 0 Å². The summed E-state index contributed by atoms with van der Waals surface area (Å²) >= 11 is 4.52. The largest absolute Gasteiger partial charge is 0.399 e. The van der Waals surface area contributed by atoms with E-state index in [0.717, 1.165) is 22.8 Å². The van der Waals surface area contributed by atoms with Gasteiger partial charge in [0, 0.05) is 21.5 Å². The summed E-state index contributed by atoms with van der Waals surface area (Å²) < 4.78 is 61.9. The van der Waals surface area contributed by atoms with Crippen LogP contribution in [-0.2, 0) is 31.8 Å². The molecule has 3 rings (SSSR count). The first-order chi connectivity index (χ1) is 15.3. The van der Waals surface area contributed by atoms with Gasteiger partial charge in [-0.3, -0.25) is 4.57 Å². The van der Waals surface area contributed by atoms with Crippen LogP contribution < -0.4 is 5.14 Å². The number of rotatable bonds is 8. The van der Waals surface area contributed by atoms with Crippen molar-refractivity contribution in [2.24, 2.45) is 5.14 Å². The van der Waals surface area contributed by atoms with Crippen LogP contribution >= 0.6 is 35.3 Å². The Balaban J connectivity index is 1.64. The fourth-order valence-electron chi connectivity index (χ4n) is 2.98. The lowest BCUT2D eigenvalue weighted by Gasteiger charge is -2.19. The molecule has 0 atom stereocenters. The summed E-state index contributed by atoms with van der Waals surface area (Å²) in [6.45, 7) is 0. The van der Waals surface area contributed by atoms with Gasteiger partial charge >= 0.3 is 13.3 Å². The van der Waals surface area contributed by atoms with Crippen LogP contribution in [0.4, 0.5) is 8.78 Å². The predicted molar refractivity (Wildman–Crippen MR) is 128 cm³/mol. The summed E-state index contributed by atoms with van der Waals surface area (Å²) in [7, 11) is -9.42. The van der Waals surface area contributed by atoms with Crippen LogP contribution in [-0.4, -0.2) is 18.2 Å². The number of halogens is 3. The minimum absolute atomic E-state index is 0.0374. The van der Waals surface area contributed by atoms with Gasteiger partial charge in [0.2, 0.25) is 10.0 Å². The highest BCUT2D eigenvalue weighted by Gasteiger charge is 2.51. The van der Waals surface area contributed by atoms with Gasteiger partial charge < -0.3 is 9.79 Å². The van der Waals surface area contributed by atoms with Crippen LogP contribution in [0, 0.1) is 0 Å². The van der Waals surface area contributed by atoms with Gasteiger partial charge in [-0.05, 0) is 40.5 Å². The summed E-state index contributed by atoms with van der Waals surface area (Å²) in [4.78, 5) is 17.8. The van der Waals surface area contributed by atoms with Crippen molar-refractivity contribution in [3.8, 4) is 11.1 Å². The molecular formula is C21H19BrF2NO5PS2. The van der Waals surface area contributed by atoms with E-state index < -0.39 is 28.8 Å². The second-order valence-corrected chi connectivity index (χ2v) is 12.2. The number of primary sulfonamides is 1. The average molecular weight is 578 g/mol. The first kappa shape index (κ1) is 26.0. The molecule has 0 radical (unpaired) electrons. The Morgan fingerprint density at radius 3 is 2.12 bits per heavy atom. The van der Waals surface area contributed by atoms with Crippen molar-refractivity contribution in [1.29, 1.82) is 0 Å². The lowest BCUT2D eigenvalue weighted by Crippen LogP contribution is -2.14. The van der Waals surface area contributed by atoms with Gasteiger partial charge in [0.1, 0.15) is 0 Å². The van der Waals surface area contributed by atoms with Crippen LogP contribution in [0.25, 0.3) is 11.1 Å². The van der Waals surface area contributed by atoms with Gasteiger partial charge in [-0.15, -0.1) is 0 Å². The van der Waals surface area contributed by atoms with E-state index in [1.165, 1.54) is 36.0 Å². The molecule has 0 aliphatic carbocycles. The van der Waals surface area contributed by atoms with Crippen molar-refractivity contribution in [3.05, 3.63) is 87.9 Å². The molecule has 0 unspecified atom stereocenters. The Bertz CT molecular complexity index is 1310. The fraction of sp³-hybridized carbons (Fsp3) is 0.143. The number of alkyl halides is 2. The van der Waals surface area contributed by atoms with E-state index in [-0.39, 0.29) is 9.37 Å². The molecule has 0 aliphatic rings. The van der Waals surface area contributed by atoms with E-state index >= 15 is 0 Å². The molecule has 0 saturated heterocycles. The second-order valence-electron chi connectivity index (χ2n) is 7.16. The highest BCUT2D eigenvalue weighted by molar-refractivity contribution is 9.10. The van der Waals surface area contributed by atoms with Crippen molar-refractivity contribution in [1.82, 2.24) is 0 Å². The summed E-state index contributed by atoms with van der Waals surface area (Å²) in [5.41, 5.74) is -1.75. The molecule has 0 aliphatic heterocycles. The minimum Gasteiger partial charge on any atom is -0.320 e. The highest BCUT2D eigenvalue weighted by atomic mass is 79.9. The van der Waals surface area contributed by atoms with Crippen LogP contribution in [0.3, 0.4) is 0 Å². The third-order valence-electron chi connectivity index (χ3n) is 4.71. The number of sulfonamides is 1. The number of hydrogen-bond acceptors (Lipinski definition) is 4. The molecule has 0 amide bonds. The van der Waals surface area contributed by atoms with Crippen molar-refractivity contribution in [2.45, 2.75) is 22.1 Å². The molecule has 12 heteroatoms. The Hall–Kier alpha value is -1.59. The maximum atomic E-state index is 13.9. The molecule has 33 heavy (non-hydrogen) atoms. The van der Waals surface area contributed by atoms with Gasteiger partial charge in [-0.1, -0.05) is 64.5 Å². The topological polar surface area (TPSA) is 118 Å². The normalized spacial score (nSPS) is 12.7. The Kier molecular flexibility index (Phi) is 7.85. The van der Waals surface area contributed by atoms with E-state index in [2.05, 4.69) is 15.9 Å². The molecule has 6 nitrogen and oxygen atoms in total.